The number of nitrogens with zero attached hydrogens (tertiary/aromatic N) is 1. The van der Waals surface area contributed by atoms with Crippen molar-refractivity contribution in [3.8, 4) is 35.4 Å². The number of hydrogen-bond acceptors (Lipinski definition) is 14. The van der Waals surface area contributed by atoms with Gasteiger partial charge in [0.05, 0.1) is 32.5 Å². The Kier molecular flexibility index (Phi) is 23.3. The molecule has 1 aliphatic rings. The summed E-state index contributed by atoms with van der Waals surface area (Å²) < 4.78 is 35.2. The first kappa shape index (κ1) is 43.0. The fourth-order valence-electron chi connectivity index (χ4n) is 4.26. The molecule has 1 saturated heterocycles. The van der Waals surface area contributed by atoms with E-state index in [0.29, 0.717) is 44.7 Å². The van der Waals surface area contributed by atoms with Crippen LogP contribution in [0.1, 0.15) is 30.6 Å². The van der Waals surface area contributed by atoms with Gasteiger partial charge < -0.3 is 44.8 Å². The molecule has 0 saturated carbocycles. The lowest BCUT2D eigenvalue weighted by Crippen LogP contribution is -2.32. The van der Waals surface area contributed by atoms with Crippen molar-refractivity contribution in [3.05, 3.63) is 29.8 Å². The van der Waals surface area contributed by atoms with Gasteiger partial charge in [-0.1, -0.05) is 50.3 Å². The van der Waals surface area contributed by atoms with Crippen LogP contribution in [-0.4, -0.2) is 119 Å². The third kappa shape index (κ3) is 18.6. The van der Waals surface area contributed by atoms with Gasteiger partial charge in [-0.15, -0.1) is 5.92 Å². The van der Waals surface area contributed by atoms with Gasteiger partial charge in [-0.3, -0.25) is 9.59 Å². The zero-order valence-corrected chi connectivity index (χ0v) is 31.5. The minimum absolute atomic E-state index is 0.123. The summed E-state index contributed by atoms with van der Waals surface area (Å²) in [7, 11) is 6.31. The normalized spacial score (nSPS) is 18.4. The molecule has 0 spiro atoms. The number of rotatable bonds is 23. The van der Waals surface area contributed by atoms with Crippen LogP contribution in [0.5, 0.6) is 5.75 Å². The third-order valence-electron chi connectivity index (χ3n) is 6.43. The van der Waals surface area contributed by atoms with Crippen molar-refractivity contribution in [1.82, 2.24) is 10.6 Å². The molecule has 0 bridgehead atoms. The number of carbonyl (C=O) groups excluding carboxylic acids is 2. The Morgan fingerprint density at radius 1 is 1.18 bits per heavy atom. The molecule has 0 radical (unpaired) electrons. The van der Waals surface area contributed by atoms with Crippen LogP contribution in [0, 0.1) is 34.9 Å². The van der Waals surface area contributed by atoms with E-state index in [1.165, 1.54) is 32.4 Å². The Labute approximate surface area is 306 Å². The monoisotopic (exact) mass is 752 g/mol. The molecule has 3 unspecified atom stereocenters. The van der Waals surface area contributed by atoms with Gasteiger partial charge in [-0.2, -0.15) is 11.1 Å². The fourth-order valence-corrected chi connectivity index (χ4v) is 6.93. The van der Waals surface area contributed by atoms with E-state index in [1.807, 2.05) is 19.4 Å². The molecule has 1 fully saturated rings. The molecule has 0 aliphatic carbocycles. The highest BCUT2D eigenvalue weighted by Gasteiger charge is 2.38. The van der Waals surface area contributed by atoms with Crippen LogP contribution in [0.4, 0.5) is 0 Å². The third-order valence-corrected chi connectivity index (χ3v) is 10.0. The molecule has 1 aromatic carbocycles. The van der Waals surface area contributed by atoms with E-state index in [4.69, 9.17) is 34.2 Å². The number of hydrogen-bond donors (Lipinski definition) is 3. The number of amides is 2. The Morgan fingerprint density at radius 2 is 2.00 bits per heavy atom. The van der Waals surface area contributed by atoms with E-state index < -0.39 is 5.44 Å². The Morgan fingerprint density at radius 3 is 2.73 bits per heavy atom. The summed E-state index contributed by atoms with van der Waals surface area (Å²) in [6, 6.07) is 8.88. The number of ether oxygens (including phenoxy) is 6. The fraction of sp³-hybridized carbons (Fsp3) is 0.594. The maximum absolute atomic E-state index is 12.2. The zero-order chi connectivity index (χ0) is 35.7. The second kappa shape index (κ2) is 26.6. The molecule has 12 nitrogen and oxygen atoms in total. The Bertz CT molecular complexity index is 1310. The molecule has 1 aliphatic heterocycles. The first-order valence-corrected chi connectivity index (χ1v) is 20.8. The van der Waals surface area contributed by atoms with Crippen LogP contribution in [0.25, 0.3) is 0 Å². The Balaban J connectivity index is 1.68. The SMILES string of the molecule is CC#CC(C)OCC1O[C@@H](BC#CCNC(=O)COCCOC(COc2cccc(C(=O)NCCN)c2)SSC)C[C@H]1O[C@@H](C#N)SSC. The van der Waals surface area contributed by atoms with E-state index in [0.717, 1.165) is 0 Å². The molecule has 17 heteroatoms. The lowest BCUT2D eigenvalue weighted by Gasteiger charge is -2.21. The molecule has 6 atom stereocenters. The van der Waals surface area contributed by atoms with Crippen LogP contribution >= 0.6 is 43.2 Å². The largest absolute Gasteiger partial charge is 0.490 e. The van der Waals surface area contributed by atoms with E-state index in [-0.39, 0.29) is 74.5 Å². The molecular formula is C32H45BN4O8S4. The van der Waals surface area contributed by atoms with Crippen molar-refractivity contribution < 1.29 is 38.0 Å². The molecule has 0 aromatic heterocycles. The predicted molar refractivity (Wildman–Crippen MR) is 200 cm³/mol. The van der Waals surface area contributed by atoms with Gasteiger partial charge in [-0.05, 0) is 61.8 Å². The Hall–Kier alpha value is -2.21. The van der Waals surface area contributed by atoms with E-state index in [1.54, 1.807) is 42.0 Å². The van der Waals surface area contributed by atoms with Gasteiger partial charge in [0.15, 0.2) is 5.44 Å². The molecule has 1 aromatic rings. The quantitative estimate of drug-likeness (QED) is 0.0491. The molecule has 1 heterocycles. The average molecular weight is 753 g/mol. The molecule has 2 rings (SSSR count). The summed E-state index contributed by atoms with van der Waals surface area (Å²) in [6.45, 7) is 5.49. The van der Waals surface area contributed by atoms with Crippen LogP contribution in [0.15, 0.2) is 24.3 Å². The van der Waals surface area contributed by atoms with Crippen LogP contribution in [0.2, 0.25) is 0 Å². The lowest BCUT2D eigenvalue weighted by molar-refractivity contribution is -0.126. The number of nitrogens with two attached hydrogens (primary N) is 1. The molecule has 268 valence electrons. The highest BCUT2D eigenvalue weighted by Crippen LogP contribution is 2.31. The maximum atomic E-state index is 12.2. The summed E-state index contributed by atoms with van der Waals surface area (Å²) in [5.74, 6) is 11.8. The molecular weight excluding hydrogens is 707 g/mol. The second-order valence-electron chi connectivity index (χ2n) is 10.1. The highest BCUT2D eigenvalue weighted by molar-refractivity contribution is 8.77. The summed E-state index contributed by atoms with van der Waals surface area (Å²) >= 11 is 0. The van der Waals surface area contributed by atoms with Gasteiger partial charge in [0, 0.05) is 24.7 Å². The molecule has 49 heavy (non-hydrogen) atoms. The van der Waals surface area contributed by atoms with Crippen molar-refractivity contribution in [2.75, 3.05) is 65.2 Å². The van der Waals surface area contributed by atoms with Crippen LogP contribution < -0.4 is 21.1 Å². The topological polar surface area (TPSA) is 163 Å². The first-order valence-electron chi connectivity index (χ1n) is 15.6. The molecule has 2 amide bonds. The van der Waals surface area contributed by atoms with E-state index in [2.05, 4.69) is 40.3 Å². The van der Waals surface area contributed by atoms with Crippen LogP contribution in [0.3, 0.4) is 0 Å². The second-order valence-corrected chi connectivity index (χ2v) is 15.3. The van der Waals surface area contributed by atoms with E-state index in [9.17, 15) is 14.9 Å². The number of nitrogens with one attached hydrogen (secondary N) is 2. The summed E-state index contributed by atoms with van der Waals surface area (Å²) in [4.78, 5) is 24.4. The number of nitriles is 1. The van der Waals surface area contributed by atoms with Gasteiger partial charge in [0.25, 0.3) is 5.91 Å². The lowest BCUT2D eigenvalue weighted by atomic mass is 9.71. The van der Waals surface area contributed by atoms with E-state index >= 15 is 0 Å². The highest BCUT2D eigenvalue weighted by atomic mass is 33.1. The van der Waals surface area contributed by atoms with Crippen molar-refractivity contribution in [1.29, 1.82) is 5.26 Å². The standard InChI is InChI=1S/C32H45BN4O8S4/c1-5-8-23(2)42-20-27-26(45-30(19-35)48-46-3)18-28(44-27)33-11-7-13-36-29(38)21-40-15-16-41-31(49-47-4)22-43-25-10-6-9-24(17-25)32(39)37-14-12-34/h6,9-10,17,23,26-28,30-31,33H,12-16,18,20-22,34H2,1-4H3,(H,36,38)(H,37,39)/t23?,26-,27?,28-,30-,31?/m1/s1. The minimum atomic E-state index is -0.616. The van der Waals surface area contributed by atoms with Gasteiger partial charge in [0.2, 0.25) is 13.2 Å². The number of benzene rings is 1. The van der Waals surface area contributed by atoms with Crippen LogP contribution in [-0.2, 0) is 28.5 Å². The maximum Gasteiger partial charge on any atom is 0.251 e. The average Bonchev–Trinajstić information content (AvgIpc) is 3.49. The van der Waals surface area contributed by atoms with Crippen molar-refractivity contribution in [2.24, 2.45) is 5.73 Å². The summed E-state index contributed by atoms with van der Waals surface area (Å²) in [5.41, 5.74) is 5.03. The first-order chi connectivity index (χ1) is 23.8. The van der Waals surface area contributed by atoms with Gasteiger partial charge in [-0.25, -0.2) is 0 Å². The minimum Gasteiger partial charge on any atom is -0.490 e. The number of carbonyl (C=O) groups is 2. The van der Waals surface area contributed by atoms with Crippen molar-refractivity contribution in [2.45, 2.75) is 55.5 Å². The van der Waals surface area contributed by atoms with Crippen molar-refractivity contribution >= 4 is 62.3 Å². The van der Waals surface area contributed by atoms with Gasteiger partial charge >= 0.3 is 0 Å². The van der Waals surface area contributed by atoms with Crippen molar-refractivity contribution in [3.63, 3.8) is 0 Å². The summed E-state index contributed by atoms with van der Waals surface area (Å²) in [6.07, 6.45) is 3.53. The molecule has 4 N–H and O–H groups in total. The predicted octanol–water partition coefficient (Wildman–Crippen LogP) is 2.43. The smallest absolute Gasteiger partial charge is 0.251 e. The summed E-state index contributed by atoms with van der Waals surface area (Å²) in [5, 5.41) is 14.9. The van der Waals surface area contributed by atoms with Gasteiger partial charge in [0.1, 0.15) is 42.7 Å². The zero-order valence-electron chi connectivity index (χ0n) is 28.3.